The quantitative estimate of drug-likeness (QED) is 0.251. The van der Waals surface area contributed by atoms with Crippen molar-refractivity contribution >= 4 is 62.9 Å². The first-order valence-electron chi connectivity index (χ1n) is 10.3. The molecule has 0 saturated heterocycles. The minimum atomic E-state index is -0.196. The van der Waals surface area contributed by atoms with E-state index in [-0.39, 0.29) is 11.7 Å². The Morgan fingerprint density at radius 1 is 0.853 bits per heavy atom. The van der Waals surface area contributed by atoms with E-state index in [0.29, 0.717) is 33.2 Å². The van der Waals surface area contributed by atoms with Crippen LogP contribution < -0.4 is 5.32 Å². The topological polar surface area (TPSA) is 74.0 Å². The molecule has 0 fully saturated rings. The fourth-order valence-electron chi connectivity index (χ4n) is 3.03. The van der Waals surface area contributed by atoms with Crippen molar-refractivity contribution in [1.29, 1.82) is 0 Å². The normalized spacial score (nSPS) is 11.2. The second-order valence-corrected chi connectivity index (χ2v) is 8.67. The van der Waals surface area contributed by atoms with Gasteiger partial charge in [0.1, 0.15) is 5.75 Å². The van der Waals surface area contributed by atoms with E-state index in [1.807, 2.05) is 24.3 Å². The Hall–Kier alpha value is -3.74. The zero-order chi connectivity index (χ0) is 23.9. The lowest BCUT2D eigenvalue weighted by Gasteiger charge is -2.06. The minimum Gasteiger partial charge on any atom is -0.507 e. The highest BCUT2D eigenvalue weighted by molar-refractivity contribution is 9.10. The van der Waals surface area contributed by atoms with E-state index >= 15 is 0 Å². The van der Waals surface area contributed by atoms with Crippen LogP contribution >= 0.6 is 27.5 Å². The van der Waals surface area contributed by atoms with Crippen molar-refractivity contribution < 1.29 is 9.90 Å². The van der Waals surface area contributed by atoms with Crippen LogP contribution in [0.2, 0.25) is 5.02 Å². The number of rotatable bonds is 6. The molecule has 4 aromatic rings. The molecule has 0 saturated carbocycles. The number of aromatic hydroxyl groups is 1. The van der Waals surface area contributed by atoms with Gasteiger partial charge >= 0.3 is 0 Å². The van der Waals surface area contributed by atoms with Gasteiger partial charge in [-0.15, -0.1) is 0 Å². The van der Waals surface area contributed by atoms with Gasteiger partial charge in [-0.2, -0.15) is 0 Å². The Balaban J connectivity index is 1.43. The van der Waals surface area contributed by atoms with E-state index in [4.69, 9.17) is 11.6 Å². The number of anilines is 1. The van der Waals surface area contributed by atoms with Crippen molar-refractivity contribution in [3.8, 4) is 5.75 Å². The Morgan fingerprint density at radius 2 is 1.56 bits per heavy atom. The van der Waals surface area contributed by atoms with Gasteiger partial charge in [0.2, 0.25) is 0 Å². The van der Waals surface area contributed by atoms with E-state index in [1.165, 1.54) is 0 Å². The Kier molecular flexibility index (Phi) is 7.52. The Morgan fingerprint density at radius 3 is 2.29 bits per heavy atom. The van der Waals surface area contributed by atoms with Gasteiger partial charge in [-0.05, 0) is 78.4 Å². The smallest absolute Gasteiger partial charge is 0.255 e. The second kappa shape index (κ2) is 10.9. The lowest BCUT2D eigenvalue weighted by molar-refractivity contribution is 0.102. The van der Waals surface area contributed by atoms with Crippen molar-refractivity contribution in [2.45, 2.75) is 0 Å². The first-order chi connectivity index (χ1) is 16.5. The van der Waals surface area contributed by atoms with Crippen LogP contribution in [0.3, 0.4) is 0 Å². The molecule has 0 aliphatic heterocycles. The monoisotopic (exact) mass is 531 g/mol. The number of phenolic OH excluding ortho intramolecular Hbond substituents is 1. The number of nitrogens with one attached hydrogen (secondary N) is 1. The third-order valence-electron chi connectivity index (χ3n) is 4.81. The van der Waals surface area contributed by atoms with Gasteiger partial charge in [-0.25, -0.2) is 0 Å². The van der Waals surface area contributed by atoms with Crippen LogP contribution in [0.15, 0.2) is 105 Å². The molecule has 0 radical (unpaired) electrons. The summed E-state index contributed by atoms with van der Waals surface area (Å²) in [5.41, 5.74) is 4.03. The molecule has 0 bridgehead atoms. The molecule has 4 aromatic carbocycles. The maximum absolute atomic E-state index is 12.4. The van der Waals surface area contributed by atoms with Crippen molar-refractivity contribution in [1.82, 2.24) is 0 Å². The lowest BCUT2D eigenvalue weighted by atomic mass is 10.2. The molecule has 0 unspecified atom stereocenters. The maximum atomic E-state index is 12.4. The number of phenols is 1. The number of carbonyl (C=O) groups is 1. The highest BCUT2D eigenvalue weighted by Crippen LogP contribution is 2.24. The molecule has 0 aromatic heterocycles. The molecule has 168 valence electrons. The largest absolute Gasteiger partial charge is 0.507 e. The average Bonchev–Trinajstić information content (AvgIpc) is 2.84. The summed E-state index contributed by atoms with van der Waals surface area (Å²) in [5.74, 6) is -0.0921. The molecule has 0 spiro atoms. The van der Waals surface area contributed by atoms with Crippen LogP contribution in [0.25, 0.3) is 0 Å². The molecule has 7 heteroatoms. The van der Waals surface area contributed by atoms with Crippen LogP contribution in [-0.4, -0.2) is 23.4 Å². The molecule has 0 heterocycles. The van der Waals surface area contributed by atoms with Crippen molar-refractivity contribution in [3.05, 3.63) is 117 Å². The van der Waals surface area contributed by atoms with Gasteiger partial charge in [-0.3, -0.25) is 14.8 Å². The predicted octanol–water partition coefficient (Wildman–Crippen LogP) is 7.56. The van der Waals surface area contributed by atoms with Crippen LogP contribution in [0.4, 0.5) is 17.1 Å². The summed E-state index contributed by atoms with van der Waals surface area (Å²) >= 11 is 9.27. The van der Waals surface area contributed by atoms with E-state index in [1.54, 1.807) is 79.2 Å². The number of carbonyl (C=O) groups excluding carboxylic acids is 1. The standard InChI is InChI=1S/C27H19BrClN3O2/c28-21-3-1-2-19(14-21)27(34)32-24-10-8-23(9-11-24)31-17-20-15-25(12-13-26(20)33)30-16-18-4-6-22(29)7-5-18/h1-17,33H,(H,32,34). The van der Waals surface area contributed by atoms with Gasteiger partial charge in [-0.1, -0.05) is 45.7 Å². The second-order valence-electron chi connectivity index (χ2n) is 7.32. The summed E-state index contributed by atoms with van der Waals surface area (Å²) in [5, 5.41) is 13.7. The number of aliphatic imine (C=N–C) groups is 2. The number of nitrogens with zero attached hydrogens (tertiary/aromatic N) is 2. The van der Waals surface area contributed by atoms with E-state index in [2.05, 4.69) is 31.2 Å². The van der Waals surface area contributed by atoms with Gasteiger partial charge in [0.25, 0.3) is 5.91 Å². The van der Waals surface area contributed by atoms with Gasteiger partial charge in [0.05, 0.1) is 11.4 Å². The molecule has 1 amide bonds. The van der Waals surface area contributed by atoms with Gasteiger partial charge in [0, 0.05) is 38.7 Å². The molecule has 5 nitrogen and oxygen atoms in total. The fourth-order valence-corrected chi connectivity index (χ4v) is 3.56. The highest BCUT2D eigenvalue weighted by atomic mass is 79.9. The highest BCUT2D eigenvalue weighted by Gasteiger charge is 2.06. The van der Waals surface area contributed by atoms with Crippen LogP contribution in [0.5, 0.6) is 5.75 Å². The van der Waals surface area contributed by atoms with Crippen molar-refractivity contribution in [2.24, 2.45) is 9.98 Å². The summed E-state index contributed by atoms with van der Waals surface area (Å²) in [6.45, 7) is 0. The Bertz CT molecular complexity index is 1370. The van der Waals surface area contributed by atoms with Crippen LogP contribution in [-0.2, 0) is 0 Å². The summed E-state index contributed by atoms with van der Waals surface area (Å²) < 4.78 is 0.841. The minimum absolute atomic E-state index is 0.104. The van der Waals surface area contributed by atoms with Gasteiger partial charge < -0.3 is 10.4 Å². The van der Waals surface area contributed by atoms with Crippen molar-refractivity contribution in [2.75, 3.05) is 5.32 Å². The molecule has 0 atom stereocenters. The molecular formula is C27H19BrClN3O2. The lowest BCUT2D eigenvalue weighted by Crippen LogP contribution is -2.11. The Labute approximate surface area is 210 Å². The summed E-state index contributed by atoms with van der Waals surface area (Å²) in [4.78, 5) is 21.3. The SMILES string of the molecule is O=C(Nc1ccc(N=Cc2cc(N=Cc3ccc(Cl)cc3)ccc2O)cc1)c1cccc(Br)c1. The summed E-state index contributed by atoms with van der Waals surface area (Å²) in [6, 6.07) is 26.7. The number of hydrogen-bond acceptors (Lipinski definition) is 4. The number of amides is 1. The van der Waals surface area contributed by atoms with Crippen molar-refractivity contribution in [3.63, 3.8) is 0 Å². The maximum Gasteiger partial charge on any atom is 0.255 e. The molecule has 0 aliphatic rings. The molecule has 0 aliphatic carbocycles. The fraction of sp³-hybridized carbons (Fsp3) is 0. The predicted molar refractivity (Wildman–Crippen MR) is 143 cm³/mol. The zero-order valence-electron chi connectivity index (χ0n) is 17.8. The zero-order valence-corrected chi connectivity index (χ0v) is 20.2. The summed E-state index contributed by atoms with van der Waals surface area (Å²) in [7, 11) is 0. The average molecular weight is 533 g/mol. The molecular weight excluding hydrogens is 514 g/mol. The van der Waals surface area contributed by atoms with Gasteiger partial charge in [0.15, 0.2) is 0 Å². The summed E-state index contributed by atoms with van der Waals surface area (Å²) in [6.07, 6.45) is 3.30. The third-order valence-corrected chi connectivity index (χ3v) is 5.55. The number of halogens is 2. The van der Waals surface area contributed by atoms with E-state index in [9.17, 15) is 9.90 Å². The number of benzene rings is 4. The van der Waals surface area contributed by atoms with Crippen LogP contribution in [0.1, 0.15) is 21.5 Å². The molecule has 2 N–H and O–H groups in total. The molecule has 34 heavy (non-hydrogen) atoms. The first kappa shape index (κ1) is 23.4. The van der Waals surface area contributed by atoms with Crippen LogP contribution in [0, 0.1) is 0 Å². The molecule has 4 rings (SSSR count). The van der Waals surface area contributed by atoms with E-state index < -0.39 is 0 Å². The number of hydrogen-bond donors (Lipinski definition) is 2. The van der Waals surface area contributed by atoms with E-state index in [0.717, 1.165) is 10.0 Å². The first-order valence-corrected chi connectivity index (χ1v) is 11.5. The third kappa shape index (κ3) is 6.41.